The number of aromatic nitrogens is 3. The topological polar surface area (TPSA) is 47.9 Å². The summed E-state index contributed by atoms with van der Waals surface area (Å²) in [5.74, 6) is 2.56. The summed E-state index contributed by atoms with van der Waals surface area (Å²) in [6.07, 6.45) is 6.84. The molecule has 2 heterocycles. The van der Waals surface area contributed by atoms with Crippen molar-refractivity contribution < 1.29 is 4.74 Å². The van der Waals surface area contributed by atoms with Crippen LogP contribution >= 0.6 is 11.8 Å². The third-order valence-corrected chi connectivity index (χ3v) is 5.46. The summed E-state index contributed by atoms with van der Waals surface area (Å²) in [5.41, 5.74) is 4.72. The van der Waals surface area contributed by atoms with Crippen LogP contribution in [0.3, 0.4) is 0 Å². The predicted molar refractivity (Wildman–Crippen MR) is 99.8 cm³/mol. The van der Waals surface area contributed by atoms with Crippen LogP contribution in [0.2, 0.25) is 0 Å². The van der Waals surface area contributed by atoms with Crippen molar-refractivity contribution in [1.82, 2.24) is 15.0 Å². The van der Waals surface area contributed by atoms with Gasteiger partial charge < -0.3 is 4.74 Å². The molecule has 0 unspecified atom stereocenters. The van der Waals surface area contributed by atoms with Gasteiger partial charge in [0.05, 0.1) is 7.11 Å². The lowest BCUT2D eigenvalue weighted by Gasteiger charge is -2.11. The molecule has 0 aliphatic heterocycles. The average Bonchev–Trinajstić information content (AvgIpc) is 3.15. The minimum Gasteiger partial charge on any atom is -0.496 e. The second-order valence-electron chi connectivity index (χ2n) is 5.97. The van der Waals surface area contributed by atoms with Gasteiger partial charge in [-0.2, -0.15) is 0 Å². The second kappa shape index (κ2) is 7.23. The summed E-state index contributed by atoms with van der Waals surface area (Å²) in [4.78, 5) is 13.8. The smallest absolute Gasteiger partial charge is 0.160 e. The lowest BCUT2D eigenvalue weighted by molar-refractivity contribution is 0.411. The van der Waals surface area contributed by atoms with Crippen LogP contribution in [0.5, 0.6) is 5.75 Å². The summed E-state index contributed by atoms with van der Waals surface area (Å²) in [6, 6.07) is 12.1. The van der Waals surface area contributed by atoms with Crippen molar-refractivity contribution in [3.8, 4) is 17.1 Å². The Morgan fingerprint density at radius 2 is 1.88 bits per heavy atom. The summed E-state index contributed by atoms with van der Waals surface area (Å²) in [5, 5.41) is 1.10. The summed E-state index contributed by atoms with van der Waals surface area (Å²) in [7, 11) is 1.72. The molecule has 0 fully saturated rings. The van der Waals surface area contributed by atoms with Crippen LogP contribution in [-0.2, 0) is 18.6 Å². The Morgan fingerprint density at radius 1 is 1.04 bits per heavy atom. The zero-order chi connectivity index (χ0) is 17.1. The fourth-order valence-electron chi connectivity index (χ4n) is 3.12. The van der Waals surface area contributed by atoms with E-state index < -0.39 is 0 Å². The summed E-state index contributed by atoms with van der Waals surface area (Å²) < 4.78 is 5.47. The van der Waals surface area contributed by atoms with Gasteiger partial charge in [0.25, 0.3) is 0 Å². The summed E-state index contributed by atoms with van der Waals surface area (Å²) >= 11 is 1.77. The lowest BCUT2D eigenvalue weighted by Crippen LogP contribution is -2.00. The highest BCUT2D eigenvalue weighted by atomic mass is 32.2. The molecule has 1 aliphatic carbocycles. The van der Waals surface area contributed by atoms with Crippen molar-refractivity contribution in [2.24, 2.45) is 0 Å². The van der Waals surface area contributed by atoms with E-state index in [9.17, 15) is 0 Å². The van der Waals surface area contributed by atoms with Crippen molar-refractivity contribution in [1.29, 1.82) is 0 Å². The number of hydrogen-bond donors (Lipinski definition) is 0. The molecule has 2 aromatic heterocycles. The minimum absolute atomic E-state index is 0.797. The molecule has 1 aliphatic rings. The standard InChI is InChI=1S/C20H19N3OS/c1-24-18-8-3-2-5-15(18)13-25-20-16-6-4-7-17(16)22-19(23-20)14-9-11-21-12-10-14/h2-3,5,8-12H,4,6-7,13H2,1H3. The Balaban J connectivity index is 1.66. The maximum atomic E-state index is 5.47. The monoisotopic (exact) mass is 349 g/mol. The molecule has 0 amide bonds. The molecule has 25 heavy (non-hydrogen) atoms. The zero-order valence-electron chi connectivity index (χ0n) is 14.1. The van der Waals surface area contributed by atoms with Gasteiger partial charge in [0.1, 0.15) is 10.8 Å². The third kappa shape index (κ3) is 3.37. The molecule has 0 radical (unpaired) electrons. The SMILES string of the molecule is COc1ccccc1CSc1nc(-c2ccncc2)nc2c1CCC2. The number of rotatable bonds is 5. The molecule has 0 saturated carbocycles. The van der Waals surface area contributed by atoms with E-state index in [2.05, 4.69) is 11.1 Å². The van der Waals surface area contributed by atoms with Crippen molar-refractivity contribution in [2.75, 3.05) is 7.11 Å². The third-order valence-electron chi connectivity index (χ3n) is 4.39. The van der Waals surface area contributed by atoms with Crippen LogP contribution in [0.15, 0.2) is 53.8 Å². The fourth-order valence-corrected chi connectivity index (χ4v) is 4.19. The van der Waals surface area contributed by atoms with Gasteiger partial charge >= 0.3 is 0 Å². The average molecular weight is 349 g/mol. The van der Waals surface area contributed by atoms with E-state index in [0.717, 1.165) is 47.2 Å². The Hall–Kier alpha value is -2.40. The molecule has 3 aromatic rings. The van der Waals surface area contributed by atoms with Crippen molar-refractivity contribution >= 4 is 11.8 Å². The Morgan fingerprint density at radius 3 is 2.72 bits per heavy atom. The first-order valence-corrected chi connectivity index (χ1v) is 9.38. The normalized spacial score (nSPS) is 12.8. The first-order chi connectivity index (χ1) is 12.3. The molecular weight excluding hydrogens is 330 g/mol. The number of pyridine rings is 1. The molecule has 0 spiro atoms. The van der Waals surface area contributed by atoms with Crippen LogP contribution in [0.25, 0.3) is 11.4 Å². The van der Waals surface area contributed by atoms with Crippen molar-refractivity contribution in [3.05, 3.63) is 65.6 Å². The molecule has 126 valence electrons. The number of benzene rings is 1. The number of nitrogens with zero attached hydrogens (tertiary/aromatic N) is 3. The van der Waals surface area contributed by atoms with Crippen LogP contribution in [-0.4, -0.2) is 22.1 Å². The Kier molecular flexibility index (Phi) is 4.65. The van der Waals surface area contributed by atoms with Gasteiger partial charge in [-0.25, -0.2) is 9.97 Å². The molecule has 5 heteroatoms. The predicted octanol–water partition coefficient (Wildman–Crippen LogP) is 4.33. The van der Waals surface area contributed by atoms with E-state index >= 15 is 0 Å². The first kappa shape index (κ1) is 16.1. The molecule has 1 aromatic carbocycles. The van der Waals surface area contributed by atoms with Gasteiger partial charge in [0.2, 0.25) is 0 Å². The molecule has 0 bridgehead atoms. The number of hydrogen-bond acceptors (Lipinski definition) is 5. The number of ether oxygens (including phenoxy) is 1. The number of para-hydroxylation sites is 1. The largest absolute Gasteiger partial charge is 0.496 e. The van der Waals surface area contributed by atoms with Gasteiger partial charge in [-0.15, -0.1) is 11.8 Å². The van der Waals surface area contributed by atoms with Crippen LogP contribution < -0.4 is 4.74 Å². The highest BCUT2D eigenvalue weighted by molar-refractivity contribution is 7.98. The van der Waals surface area contributed by atoms with Gasteiger partial charge in [0.15, 0.2) is 5.82 Å². The van der Waals surface area contributed by atoms with Gasteiger partial charge in [-0.3, -0.25) is 4.98 Å². The second-order valence-corrected chi connectivity index (χ2v) is 6.93. The van der Waals surface area contributed by atoms with E-state index in [1.165, 1.54) is 16.8 Å². The fraction of sp³-hybridized carbons (Fsp3) is 0.250. The van der Waals surface area contributed by atoms with E-state index in [4.69, 9.17) is 14.7 Å². The van der Waals surface area contributed by atoms with Crippen LogP contribution in [0.4, 0.5) is 0 Å². The van der Waals surface area contributed by atoms with E-state index in [-0.39, 0.29) is 0 Å². The maximum absolute atomic E-state index is 5.47. The number of methoxy groups -OCH3 is 1. The maximum Gasteiger partial charge on any atom is 0.160 e. The molecule has 0 saturated heterocycles. The Labute approximate surface area is 151 Å². The zero-order valence-corrected chi connectivity index (χ0v) is 14.9. The number of fused-ring (bicyclic) bond motifs is 1. The molecule has 4 nitrogen and oxygen atoms in total. The molecular formula is C20H19N3OS. The highest BCUT2D eigenvalue weighted by Gasteiger charge is 2.20. The molecule has 4 rings (SSSR count). The van der Waals surface area contributed by atoms with Gasteiger partial charge in [0, 0.05) is 40.5 Å². The molecule has 0 N–H and O–H groups in total. The van der Waals surface area contributed by atoms with Gasteiger partial charge in [-0.1, -0.05) is 18.2 Å². The quantitative estimate of drug-likeness (QED) is 0.507. The number of thioether (sulfide) groups is 1. The van der Waals surface area contributed by atoms with Crippen molar-refractivity contribution in [3.63, 3.8) is 0 Å². The minimum atomic E-state index is 0.797. The van der Waals surface area contributed by atoms with Crippen LogP contribution in [0.1, 0.15) is 23.2 Å². The summed E-state index contributed by atoms with van der Waals surface area (Å²) in [6.45, 7) is 0. The highest BCUT2D eigenvalue weighted by Crippen LogP contribution is 2.34. The van der Waals surface area contributed by atoms with E-state index in [1.807, 2.05) is 30.3 Å². The molecule has 0 atom stereocenters. The van der Waals surface area contributed by atoms with Crippen molar-refractivity contribution in [2.45, 2.75) is 30.0 Å². The van der Waals surface area contributed by atoms with E-state index in [1.54, 1.807) is 31.3 Å². The van der Waals surface area contributed by atoms with E-state index in [0.29, 0.717) is 0 Å². The first-order valence-electron chi connectivity index (χ1n) is 8.40. The number of aryl methyl sites for hydroxylation is 1. The lowest BCUT2D eigenvalue weighted by atomic mass is 10.2. The van der Waals surface area contributed by atoms with Crippen LogP contribution in [0, 0.1) is 0 Å². The van der Waals surface area contributed by atoms with Gasteiger partial charge in [-0.05, 0) is 37.5 Å². The Bertz CT molecular complexity index is 883.